The predicted octanol–water partition coefficient (Wildman–Crippen LogP) is 0.778. The lowest BCUT2D eigenvalue weighted by Gasteiger charge is -2.07. The molecule has 0 bridgehead atoms. The van der Waals surface area contributed by atoms with Crippen molar-refractivity contribution in [1.82, 2.24) is 0 Å². The van der Waals surface area contributed by atoms with Gasteiger partial charge in [0.05, 0.1) is 18.6 Å². The highest BCUT2D eigenvalue weighted by atomic mass is 19.1. The van der Waals surface area contributed by atoms with Gasteiger partial charge < -0.3 is 14.6 Å². The van der Waals surface area contributed by atoms with E-state index in [0.717, 1.165) is 19.2 Å². The van der Waals surface area contributed by atoms with E-state index in [1.807, 2.05) is 0 Å². The molecule has 0 radical (unpaired) electrons. The Labute approximate surface area is 101 Å². The van der Waals surface area contributed by atoms with Crippen LogP contribution in [0.4, 0.5) is 10.1 Å². The van der Waals surface area contributed by atoms with Gasteiger partial charge in [-0.3, -0.25) is 10.1 Å². The fourth-order valence-electron chi connectivity index (χ4n) is 1.19. The number of rotatable bonds is 5. The van der Waals surface area contributed by atoms with Gasteiger partial charge in [0.2, 0.25) is 5.75 Å². The van der Waals surface area contributed by atoms with Crippen LogP contribution in [0.1, 0.15) is 5.56 Å². The number of aliphatic hydroxyl groups is 1. The highest BCUT2D eigenvalue weighted by molar-refractivity contribution is 5.71. The van der Waals surface area contributed by atoms with Crippen LogP contribution in [0, 0.1) is 15.9 Å². The lowest BCUT2D eigenvalue weighted by Crippen LogP contribution is -2.14. The molecule has 0 heterocycles. The number of nitrogens with zero attached hydrogens (tertiary/aromatic N) is 1. The van der Waals surface area contributed by atoms with Crippen LogP contribution in [0.15, 0.2) is 12.1 Å². The first-order valence-electron chi connectivity index (χ1n) is 4.77. The molecular weight excluding hydrogens is 249 g/mol. The van der Waals surface area contributed by atoms with E-state index < -0.39 is 41.4 Å². The minimum absolute atomic E-state index is 0.0321. The molecule has 0 aliphatic carbocycles. The summed E-state index contributed by atoms with van der Waals surface area (Å²) in [6.45, 7) is -1.19. The van der Waals surface area contributed by atoms with Crippen molar-refractivity contribution in [3.8, 4) is 5.75 Å². The first-order valence-corrected chi connectivity index (χ1v) is 4.77. The molecule has 0 spiro atoms. The molecule has 0 saturated carbocycles. The summed E-state index contributed by atoms with van der Waals surface area (Å²) in [4.78, 5) is 20.7. The Bertz CT molecular complexity index is 476. The van der Waals surface area contributed by atoms with Gasteiger partial charge in [-0.15, -0.1) is 0 Å². The number of esters is 1. The largest absolute Gasteiger partial charge is 0.473 e. The fraction of sp³-hybridized carbons (Fsp3) is 0.300. The number of ether oxygens (including phenoxy) is 2. The van der Waals surface area contributed by atoms with E-state index in [2.05, 4.69) is 4.74 Å². The summed E-state index contributed by atoms with van der Waals surface area (Å²) in [5, 5.41) is 19.5. The van der Waals surface area contributed by atoms with Gasteiger partial charge >= 0.3 is 11.7 Å². The molecular formula is C10H10FNO6. The summed E-state index contributed by atoms with van der Waals surface area (Å²) >= 11 is 0. The van der Waals surface area contributed by atoms with Crippen molar-refractivity contribution in [3.63, 3.8) is 0 Å². The van der Waals surface area contributed by atoms with Crippen LogP contribution in [-0.2, 0) is 16.1 Å². The van der Waals surface area contributed by atoms with Gasteiger partial charge in [0, 0.05) is 6.07 Å². The van der Waals surface area contributed by atoms with Crippen LogP contribution in [0.25, 0.3) is 0 Å². The van der Waals surface area contributed by atoms with Crippen LogP contribution in [0.5, 0.6) is 5.75 Å². The number of methoxy groups -OCH3 is 1. The van der Waals surface area contributed by atoms with E-state index >= 15 is 0 Å². The van der Waals surface area contributed by atoms with Crippen molar-refractivity contribution in [1.29, 1.82) is 0 Å². The molecule has 8 heteroatoms. The van der Waals surface area contributed by atoms with Crippen molar-refractivity contribution in [2.75, 3.05) is 13.7 Å². The van der Waals surface area contributed by atoms with Crippen LogP contribution in [-0.4, -0.2) is 29.7 Å². The zero-order chi connectivity index (χ0) is 13.7. The molecule has 0 aromatic heterocycles. The lowest BCUT2D eigenvalue weighted by atomic mass is 10.2. The number of benzene rings is 1. The molecule has 0 aliphatic heterocycles. The molecule has 0 fully saturated rings. The lowest BCUT2D eigenvalue weighted by molar-refractivity contribution is -0.386. The zero-order valence-electron chi connectivity index (χ0n) is 9.38. The number of halogens is 1. The summed E-state index contributed by atoms with van der Waals surface area (Å²) < 4.78 is 22.5. The summed E-state index contributed by atoms with van der Waals surface area (Å²) in [7, 11) is 1.10. The molecule has 0 unspecified atom stereocenters. The quantitative estimate of drug-likeness (QED) is 0.476. The van der Waals surface area contributed by atoms with Crippen molar-refractivity contribution in [3.05, 3.63) is 33.6 Å². The van der Waals surface area contributed by atoms with Gasteiger partial charge in [-0.2, -0.15) is 0 Å². The third-order valence-corrected chi connectivity index (χ3v) is 2.03. The number of nitro groups is 1. The Hall–Kier alpha value is -2.22. The molecule has 7 nitrogen and oxygen atoms in total. The minimum atomic E-state index is -1.03. The second-order valence-electron chi connectivity index (χ2n) is 3.21. The molecule has 98 valence electrons. The number of hydrogen-bond acceptors (Lipinski definition) is 6. The van der Waals surface area contributed by atoms with E-state index in [1.54, 1.807) is 0 Å². The second-order valence-corrected chi connectivity index (χ2v) is 3.21. The molecule has 0 amide bonds. The maximum atomic E-state index is 13.5. The van der Waals surface area contributed by atoms with Crippen molar-refractivity contribution in [2.24, 2.45) is 0 Å². The SMILES string of the molecule is COC(=O)COc1c(F)cc(CO)cc1[N+](=O)[O-]. The zero-order valence-corrected chi connectivity index (χ0v) is 9.38. The summed E-state index contributed by atoms with van der Waals surface area (Å²) in [6, 6.07) is 1.86. The molecule has 1 N–H and O–H groups in total. The fourth-order valence-corrected chi connectivity index (χ4v) is 1.19. The highest BCUT2D eigenvalue weighted by Crippen LogP contribution is 2.31. The number of carbonyl (C=O) groups excluding carboxylic acids is 1. The average molecular weight is 259 g/mol. The molecule has 1 aromatic carbocycles. The van der Waals surface area contributed by atoms with Crippen molar-refractivity contribution in [2.45, 2.75) is 6.61 Å². The molecule has 0 aliphatic rings. The van der Waals surface area contributed by atoms with E-state index in [-0.39, 0.29) is 5.56 Å². The molecule has 0 saturated heterocycles. The minimum Gasteiger partial charge on any atom is -0.473 e. The normalized spacial score (nSPS) is 9.94. The Kier molecular flexibility index (Phi) is 4.55. The monoisotopic (exact) mass is 259 g/mol. The van der Waals surface area contributed by atoms with Crippen LogP contribution >= 0.6 is 0 Å². The first-order chi connectivity index (χ1) is 8.49. The molecule has 1 aromatic rings. The maximum Gasteiger partial charge on any atom is 0.343 e. The van der Waals surface area contributed by atoms with Crippen LogP contribution in [0.2, 0.25) is 0 Å². The summed E-state index contributed by atoms with van der Waals surface area (Å²) in [5.74, 6) is -2.49. The van der Waals surface area contributed by atoms with E-state index in [9.17, 15) is 19.3 Å². The Morgan fingerprint density at radius 1 is 1.56 bits per heavy atom. The van der Waals surface area contributed by atoms with Gasteiger partial charge in [-0.05, 0) is 11.6 Å². The maximum absolute atomic E-state index is 13.5. The molecule has 18 heavy (non-hydrogen) atoms. The summed E-state index contributed by atoms with van der Waals surface area (Å²) in [6.07, 6.45) is 0. The van der Waals surface area contributed by atoms with Crippen LogP contribution in [0.3, 0.4) is 0 Å². The number of nitro benzene ring substituents is 1. The third kappa shape index (κ3) is 3.14. The van der Waals surface area contributed by atoms with E-state index in [1.165, 1.54) is 0 Å². The summed E-state index contributed by atoms with van der Waals surface area (Å²) in [5.41, 5.74) is -0.632. The van der Waals surface area contributed by atoms with Crippen molar-refractivity contribution < 1.29 is 28.7 Å². The van der Waals surface area contributed by atoms with E-state index in [4.69, 9.17) is 9.84 Å². The van der Waals surface area contributed by atoms with Gasteiger partial charge in [0.15, 0.2) is 12.4 Å². The second kappa shape index (κ2) is 5.92. The number of aliphatic hydroxyl groups excluding tert-OH is 1. The molecule has 0 atom stereocenters. The number of hydrogen-bond donors (Lipinski definition) is 1. The van der Waals surface area contributed by atoms with Gasteiger partial charge in [0.25, 0.3) is 0 Å². The predicted molar refractivity (Wildman–Crippen MR) is 56.5 cm³/mol. The standard InChI is InChI=1S/C10H10FNO6/c1-17-9(14)5-18-10-7(11)2-6(4-13)3-8(10)12(15)16/h2-3,13H,4-5H2,1H3. The Morgan fingerprint density at radius 3 is 2.72 bits per heavy atom. The highest BCUT2D eigenvalue weighted by Gasteiger charge is 2.22. The first kappa shape index (κ1) is 13.8. The van der Waals surface area contributed by atoms with Gasteiger partial charge in [-0.25, -0.2) is 9.18 Å². The van der Waals surface area contributed by atoms with E-state index in [0.29, 0.717) is 0 Å². The van der Waals surface area contributed by atoms with Gasteiger partial charge in [-0.1, -0.05) is 0 Å². The van der Waals surface area contributed by atoms with Gasteiger partial charge in [0.1, 0.15) is 0 Å². The Morgan fingerprint density at radius 2 is 2.22 bits per heavy atom. The third-order valence-electron chi connectivity index (χ3n) is 2.03. The van der Waals surface area contributed by atoms with Crippen molar-refractivity contribution >= 4 is 11.7 Å². The smallest absolute Gasteiger partial charge is 0.343 e. The Balaban J connectivity index is 3.08. The van der Waals surface area contributed by atoms with Crippen LogP contribution < -0.4 is 4.74 Å². The average Bonchev–Trinajstić information content (AvgIpc) is 2.35. The topological polar surface area (TPSA) is 98.9 Å². The number of carbonyl (C=O) groups is 1. The molecule has 1 rings (SSSR count).